The largest absolute Gasteiger partial charge is 0.467 e. The Morgan fingerprint density at radius 1 is 1.35 bits per heavy atom. The third-order valence-corrected chi connectivity index (χ3v) is 3.32. The molecule has 0 saturated carbocycles. The summed E-state index contributed by atoms with van der Waals surface area (Å²) in [6, 6.07) is 8.31. The SMILES string of the molecule is Fc1ccc2nc(NCc3ccco3)sc2c1. The molecule has 0 aliphatic heterocycles. The lowest BCUT2D eigenvalue weighted by molar-refractivity contribution is 0.518. The van der Waals surface area contributed by atoms with E-state index < -0.39 is 0 Å². The minimum Gasteiger partial charge on any atom is -0.467 e. The highest BCUT2D eigenvalue weighted by atomic mass is 32.1. The zero-order chi connectivity index (χ0) is 11.7. The topological polar surface area (TPSA) is 38.1 Å². The second kappa shape index (κ2) is 4.18. The van der Waals surface area contributed by atoms with Crippen LogP contribution in [0.5, 0.6) is 0 Å². The number of nitrogens with zero attached hydrogens (tertiary/aromatic N) is 1. The molecule has 0 spiro atoms. The van der Waals surface area contributed by atoms with Crippen LogP contribution in [-0.2, 0) is 6.54 Å². The molecule has 86 valence electrons. The standard InChI is InChI=1S/C12H9FN2OS/c13-8-3-4-10-11(6-8)17-12(15-10)14-7-9-2-1-5-16-9/h1-6H,7H2,(H,14,15). The molecule has 1 N–H and O–H groups in total. The number of anilines is 1. The summed E-state index contributed by atoms with van der Waals surface area (Å²) in [5.74, 6) is 0.606. The van der Waals surface area contributed by atoms with Crippen molar-refractivity contribution in [3.05, 3.63) is 48.2 Å². The van der Waals surface area contributed by atoms with E-state index in [0.29, 0.717) is 6.54 Å². The molecule has 0 fully saturated rings. The lowest BCUT2D eigenvalue weighted by Crippen LogP contribution is -1.96. The van der Waals surface area contributed by atoms with Crippen molar-refractivity contribution in [1.82, 2.24) is 4.98 Å². The lowest BCUT2D eigenvalue weighted by Gasteiger charge is -1.97. The molecule has 0 bridgehead atoms. The number of furan rings is 1. The fourth-order valence-electron chi connectivity index (χ4n) is 1.55. The molecule has 0 amide bonds. The smallest absolute Gasteiger partial charge is 0.184 e. The van der Waals surface area contributed by atoms with E-state index in [4.69, 9.17) is 4.42 Å². The first-order valence-corrected chi connectivity index (χ1v) is 5.95. The van der Waals surface area contributed by atoms with Gasteiger partial charge in [-0.05, 0) is 30.3 Å². The van der Waals surface area contributed by atoms with Crippen molar-refractivity contribution in [3.63, 3.8) is 0 Å². The lowest BCUT2D eigenvalue weighted by atomic mass is 10.3. The maximum atomic E-state index is 13.0. The molecular weight excluding hydrogens is 239 g/mol. The molecule has 0 aliphatic carbocycles. The van der Waals surface area contributed by atoms with E-state index in [1.54, 1.807) is 12.3 Å². The number of aromatic nitrogens is 1. The summed E-state index contributed by atoms with van der Waals surface area (Å²) in [4.78, 5) is 4.35. The minimum atomic E-state index is -0.237. The average Bonchev–Trinajstić information content (AvgIpc) is 2.94. The number of thiazole rings is 1. The number of halogens is 1. The Morgan fingerprint density at radius 2 is 2.29 bits per heavy atom. The molecule has 2 aromatic heterocycles. The zero-order valence-corrected chi connectivity index (χ0v) is 9.63. The van der Waals surface area contributed by atoms with Gasteiger partial charge in [0.15, 0.2) is 5.13 Å². The van der Waals surface area contributed by atoms with Crippen molar-refractivity contribution < 1.29 is 8.81 Å². The number of nitrogens with one attached hydrogen (secondary N) is 1. The minimum absolute atomic E-state index is 0.237. The monoisotopic (exact) mass is 248 g/mol. The molecule has 1 aromatic carbocycles. The molecular formula is C12H9FN2OS. The van der Waals surface area contributed by atoms with E-state index in [-0.39, 0.29) is 5.82 Å². The Morgan fingerprint density at radius 3 is 3.12 bits per heavy atom. The van der Waals surface area contributed by atoms with Gasteiger partial charge in [0.1, 0.15) is 11.6 Å². The number of hydrogen-bond acceptors (Lipinski definition) is 4. The Bertz CT molecular complexity index is 633. The normalized spacial score (nSPS) is 10.9. The Balaban J connectivity index is 1.81. The predicted molar refractivity (Wildman–Crippen MR) is 65.6 cm³/mol. The van der Waals surface area contributed by atoms with Crippen molar-refractivity contribution in [2.45, 2.75) is 6.54 Å². The molecule has 0 atom stereocenters. The zero-order valence-electron chi connectivity index (χ0n) is 8.81. The first-order valence-electron chi connectivity index (χ1n) is 5.13. The van der Waals surface area contributed by atoms with Crippen LogP contribution < -0.4 is 5.32 Å². The van der Waals surface area contributed by atoms with Crippen molar-refractivity contribution in [2.75, 3.05) is 5.32 Å². The van der Waals surface area contributed by atoms with Gasteiger partial charge in [0.2, 0.25) is 0 Å². The van der Waals surface area contributed by atoms with Crippen LogP contribution in [-0.4, -0.2) is 4.98 Å². The number of benzene rings is 1. The second-order valence-electron chi connectivity index (χ2n) is 3.56. The van der Waals surface area contributed by atoms with Gasteiger partial charge in [0.05, 0.1) is 23.0 Å². The van der Waals surface area contributed by atoms with Gasteiger partial charge in [-0.25, -0.2) is 9.37 Å². The van der Waals surface area contributed by atoms with Gasteiger partial charge >= 0.3 is 0 Å². The van der Waals surface area contributed by atoms with Crippen molar-refractivity contribution in [2.24, 2.45) is 0 Å². The van der Waals surface area contributed by atoms with Gasteiger partial charge in [-0.1, -0.05) is 11.3 Å². The molecule has 0 aliphatic rings. The summed E-state index contributed by atoms with van der Waals surface area (Å²) in [6.07, 6.45) is 1.63. The fourth-order valence-corrected chi connectivity index (χ4v) is 2.44. The van der Waals surface area contributed by atoms with Crippen LogP contribution in [0.25, 0.3) is 10.2 Å². The fraction of sp³-hybridized carbons (Fsp3) is 0.0833. The van der Waals surface area contributed by atoms with Gasteiger partial charge in [-0.15, -0.1) is 0 Å². The molecule has 3 rings (SSSR count). The molecule has 2 heterocycles. The predicted octanol–water partition coefficient (Wildman–Crippen LogP) is 3.64. The van der Waals surface area contributed by atoms with Crippen LogP contribution in [0.4, 0.5) is 9.52 Å². The molecule has 0 unspecified atom stereocenters. The van der Waals surface area contributed by atoms with Crippen LogP contribution in [0.15, 0.2) is 41.0 Å². The van der Waals surface area contributed by atoms with Crippen LogP contribution in [0.2, 0.25) is 0 Å². The highest BCUT2D eigenvalue weighted by molar-refractivity contribution is 7.22. The molecule has 5 heteroatoms. The van der Waals surface area contributed by atoms with Crippen molar-refractivity contribution in [1.29, 1.82) is 0 Å². The van der Waals surface area contributed by atoms with E-state index >= 15 is 0 Å². The van der Waals surface area contributed by atoms with Crippen LogP contribution in [0.3, 0.4) is 0 Å². The number of hydrogen-bond donors (Lipinski definition) is 1. The van der Waals surface area contributed by atoms with Crippen LogP contribution >= 0.6 is 11.3 Å². The molecule has 3 nitrogen and oxygen atoms in total. The van der Waals surface area contributed by atoms with Crippen molar-refractivity contribution >= 4 is 26.7 Å². The highest BCUT2D eigenvalue weighted by Crippen LogP contribution is 2.26. The van der Waals surface area contributed by atoms with Gasteiger partial charge in [-0.2, -0.15) is 0 Å². The number of rotatable bonds is 3. The first kappa shape index (κ1) is 10.3. The van der Waals surface area contributed by atoms with E-state index in [1.165, 1.54) is 23.5 Å². The Labute approximate surface area is 101 Å². The summed E-state index contributed by atoms with van der Waals surface area (Å²) in [5, 5.41) is 3.91. The molecule has 0 saturated heterocycles. The number of fused-ring (bicyclic) bond motifs is 1. The average molecular weight is 248 g/mol. The Hall–Kier alpha value is -1.88. The Kier molecular flexibility index (Phi) is 2.53. The van der Waals surface area contributed by atoms with E-state index in [0.717, 1.165) is 21.1 Å². The third kappa shape index (κ3) is 2.14. The van der Waals surface area contributed by atoms with E-state index in [2.05, 4.69) is 10.3 Å². The van der Waals surface area contributed by atoms with Gasteiger partial charge < -0.3 is 9.73 Å². The first-order chi connectivity index (χ1) is 8.31. The summed E-state index contributed by atoms with van der Waals surface area (Å²) >= 11 is 1.43. The van der Waals surface area contributed by atoms with E-state index in [1.807, 2.05) is 12.1 Å². The van der Waals surface area contributed by atoms with Crippen molar-refractivity contribution in [3.8, 4) is 0 Å². The van der Waals surface area contributed by atoms with E-state index in [9.17, 15) is 4.39 Å². The molecule has 17 heavy (non-hydrogen) atoms. The van der Waals surface area contributed by atoms with Crippen LogP contribution in [0.1, 0.15) is 5.76 Å². The second-order valence-corrected chi connectivity index (χ2v) is 4.59. The quantitative estimate of drug-likeness (QED) is 0.769. The van der Waals surface area contributed by atoms with Gasteiger partial charge in [-0.3, -0.25) is 0 Å². The summed E-state index contributed by atoms with van der Waals surface area (Å²) < 4.78 is 19.0. The summed E-state index contributed by atoms with van der Waals surface area (Å²) in [5.41, 5.74) is 0.804. The molecule has 0 radical (unpaired) electrons. The highest BCUT2D eigenvalue weighted by Gasteiger charge is 2.05. The third-order valence-electron chi connectivity index (χ3n) is 2.34. The van der Waals surface area contributed by atoms with Gasteiger partial charge in [0, 0.05) is 0 Å². The maximum Gasteiger partial charge on any atom is 0.184 e. The van der Waals surface area contributed by atoms with Gasteiger partial charge in [0.25, 0.3) is 0 Å². The maximum absolute atomic E-state index is 13.0. The molecule has 3 aromatic rings. The summed E-state index contributed by atoms with van der Waals surface area (Å²) in [7, 11) is 0. The van der Waals surface area contributed by atoms with Crippen LogP contribution in [0, 0.1) is 5.82 Å². The summed E-state index contributed by atoms with van der Waals surface area (Å²) in [6.45, 7) is 0.579.